The number of carboxylic acids is 1. The molecule has 172 valence electrons. The average molecular weight is 431 g/mol. The third-order valence-corrected chi connectivity index (χ3v) is 3.63. The molecule has 1 atom stereocenters. The third kappa shape index (κ3) is 15.4. The summed E-state index contributed by atoms with van der Waals surface area (Å²) in [6, 6.07) is -0.765. The molecule has 0 spiro atoms. The summed E-state index contributed by atoms with van der Waals surface area (Å²) in [5.41, 5.74) is 0. The Morgan fingerprint density at radius 1 is 0.900 bits per heavy atom. The fraction of sp³-hybridized carbons (Fsp3) is 0.684. The van der Waals surface area contributed by atoms with Crippen molar-refractivity contribution in [3.8, 4) is 0 Å². The van der Waals surface area contributed by atoms with Gasteiger partial charge in [0, 0.05) is 6.42 Å². The van der Waals surface area contributed by atoms with Gasteiger partial charge in [-0.25, -0.2) is 0 Å². The number of hydrogen-bond donors (Lipinski definition) is 4. The summed E-state index contributed by atoms with van der Waals surface area (Å²) in [7, 11) is 0. The predicted molar refractivity (Wildman–Crippen MR) is 107 cm³/mol. The topological polar surface area (TPSA) is 152 Å². The average Bonchev–Trinajstić information content (AvgIpc) is 2.68. The van der Waals surface area contributed by atoms with Crippen molar-refractivity contribution in [2.45, 2.75) is 32.7 Å². The summed E-state index contributed by atoms with van der Waals surface area (Å²) < 4.78 is 15.6. The Bertz CT molecular complexity index is 554. The van der Waals surface area contributed by atoms with Gasteiger partial charge in [-0.2, -0.15) is 0 Å². The predicted octanol–water partition coefficient (Wildman–Crippen LogP) is -0.582. The van der Waals surface area contributed by atoms with Crippen molar-refractivity contribution in [2.24, 2.45) is 5.92 Å². The van der Waals surface area contributed by atoms with Gasteiger partial charge in [0.25, 0.3) is 0 Å². The van der Waals surface area contributed by atoms with E-state index in [1.807, 2.05) is 0 Å². The van der Waals surface area contributed by atoms with Crippen molar-refractivity contribution in [2.75, 3.05) is 46.2 Å². The van der Waals surface area contributed by atoms with Crippen LogP contribution in [-0.4, -0.2) is 81.0 Å². The Balaban J connectivity index is 3.87. The van der Waals surface area contributed by atoms with Crippen LogP contribution in [0.3, 0.4) is 0 Å². The minimum absolute atomic E-state index is 0.0465. The summed E-state index contributed by atoms with van der Waals surface area (Å²) in [6.07, 6.45) is 1.25. The van der Waals surface area contributed by atoms with Gasteiger partial charge in [0.15, 0.2) is 0 Å². The Labute approximate surface area is 176 Å². The molecule has 11 nitrogen and oxygen atoms in total. The second kappa shape index (κ2) is 17.4. The molecule has 0 fully saturated rings. The van der Waals surface area contributed by atoms with E-state index in [0.717, 1.165) is 0 Å². The maximum atomic E-state index is 12.2. The highest BCUT2D eigenvalue weighted by Crippen LogP contribution is 2.02. The first-order chi connectivity index (χ1) is 14.3. The summed E-state index contributed by atoms with van der Waals surface area (Å²) in [4.78, 5) is 45.9. The molecule has 0 aromatic rings. The Kier molecular flexibility index (Phi) is 15.9. The molecule has 3 amide bonds. The molecule has 0 aliphatic carbocycles. The molecule has 0 radical (unpaired) electrons. The van der Waals surface area contributed by atoms with Crippen LogP contribution >= 0.6 is 0 Å². The number of aliphatic carboxylic acids is 1. The highest BCUT2D eigenvalue weighted by Gasteiger charge is 2.24. The summed E-state index contributed by atoms with van der Waals surface area (Å²) in [5, 5.41) is 15.9. The lowest BCUT2D eigenvalue weighted by Crippen LogP contribution is -2.51. The van der Waals surface area contributed by atoms with Gasteiger partial charge in [0.2, 0.25) is 17.7 Å². The first kappa shape index (κ1) is 27.5. The molecule has 0 rings (SSSR count). The molecule has 1 unspecified atom stereocenters. The van der Waals surface area contributed by atoms with Crippen LogP contribution in [0.1, 0.15) is 26.7 Å². The molecule has 0 aromatic carbocycles. The molecular weight excluding hydrogens is 398 g/mol. The van der Waals surface area contributed by atoms with E-state index >= 15 is 0 Å². The Hall–Kier alpha value is -2.50. The van der Waals surface area contributed by atoms with Gasteiger partial charge in [-0.05, 0) is 12.1 Å². The van der Waals surface area contributed by atoms with Crippen LogP contribution in [0.5, 0.6) is 0 Å². The van der Waals surface area contributed by atoms with E-state index in [4.69, 9.17) is 19.3 Å². The first-order valence-electron chi connectivity index (χ1n) is 9.70. The van der Waals surface area contributed by atoms with Crippen LogP contribution < -0.4 is 16.0 Å². The molecule has 11 heteroatoms. The molecule has 4 N–H and O–H groups in total. The van der Waals surface area contributed by atoms with E-state index in [2.05, 4.69) is 22.5 Å². The van der Waals surface area contributed by atoms with E-state index in [9.17, 15) is 19.2 Å². The van der Waals surface area contributed by atoms with Crippen molar-refractivity contribution in [3.05, 3.63) is 12.8 Å². The van der Waals surface area contributed by atoms with Gasteiger partial charge < -0.3 is 35.3 Å². The molecule has 30 heavy (non-hydrogen) atoms. The van der Waals surface area contributed by atoms with Gasteiger partial charge in [0.1, 0.15) is 6.04 Å². The van der Waals surface area contributed by atoms with Gasteiger partial charge >= 0.3 is 5.97 Å². The largest absolute Gasteiger partial charge is 0.481 e. The molecule has 0 saturated carbocycles. The highest BCUT2D eigenvalue weighted by atomic mass is 16.5. The van der Waals surface area contributed by atoms with E-state index in [1.165, 1.54) is 6.20 Å². The van der Waals surface area contributed by atoms with Crippen molar-refractivity contribution < 1.29 is 38.5 Å². The number of carbonyl (C=O) groups excluding carboxylic acids is 3. The van der Waals surface area contributed by atoms with Crippen LogP contribution in [0.25, 0.3) is 0 Å². The van der Waals surface area contributed by atoms with Crippen molar-refractivity contribution >= 4 is 23.7 Å². The molecule has 0 aliphatic rings. The lowest BCUT2D eigenvalue weighted by Gasteiger charge is -2.21. The zero-order valence-corrected chi connectivity index (χ0v) is 17.6. The molecule has 0 aliphatic heterocycles. The number of ether oxygens (including phenoxy) is 3. The summed E-state index contributed by atoms with van der Waals surface area (Å²) in [5.74, 6) is -2.27. The number of hydrogen-bond acceptors (Lipinski definition) is 7. The van der Waals surface area contributed by atoms with Gasteiger partial charge in [-0.3, -0.25) is 19.2 Å². The molecule has 0 bridgehead atoms. The van der Waals surface area contributed by atoms with Crippen LogP contribution in [0.2, 0.25) is 0 Å². The van der Waals surface area contributed by atoms with E-state index in [1.54, 1.807) is 13.8 Å². The second-order valence-corrected chi connectivity index (χ2v) is 6.51. The first-order valence-corrected chi connectivity index (χ1v) is 9.70. The highest BCUT2D eigenvalue weighted by molar-refractivity contribution is 5.90. The fourth-order valence-corrected chi connectivity index (χ4v) is 2.09. The lowest BCUT2D eigenvalue weighted by molar-refractivity contribution is -0.138. The van der Waals surface area contributed by atoms with Crippen molar-refractivity contribution in [1.82, 2.24) is 16.0 Å². The zero-order chi connectivity index (χ0) is 22.8. The normalized spacial score (nSPS) is 11.6. The Morgan fingerprint density at radius 3 is 1.93 bits per heavy atom. The number of carboxylic acid groups (broad SMARTS) is 1. The Morgan fingerprint density at radius 2 is 1.43 bits per heavy atom. The number of rotatable bonds is 18. The minimum atomic E-state index is -0.912. The van der Waals surface area contributed by atoms with Gasteiger partial charge in [-0.15, -0.1) is 0 Å². The van der Waals surface area contributed by atoms with Crippen molar-refractivity contribution in [3.63, 3.8) is 0 Å². The maximum Gasteiger partial charge on any atom is 0.305 e. The van der Waals surface area contributed by atoms with Crippen LogP contribution in [-0.2, 0) is 33.4 Å². The van der Waals surface area contributed by atoms with Gasteiger partial charge in [0.05, 0.1) is 52.6 Å². The molecule has 0 heterocycles. The SMILES string of the molecule is C=CNC(=O)CNC(=O)C(NC(=O)CCOCCOCCOCCC(=O)O)C(C)C. The number of nitrogens with one attached hydrogen (secondary N) is 3. The second-order valence-electron chi connectivity index (χ2n) is 6.51. The lowest BCUT2D eigenvalue weighted by atomic mass is 10.0. The van der Waals surface area contributed by atoms with Crippen LogP contribution in [0.4, 0.5) is 0 Å². The van der Waals surface area contributed by atoms with Crippen molar-refractivity contribution in [1.29, 1.82) is 0 Å². The zero-order valence-electron chi connectivity index (χ0n) is 17.6. The molecule has 0 aromatic heterocycles. The van der Waals surface area contributed by atoms with Crippen LogP contribution in [0, 0.1) is 5.92 Å². The van der Waals surface area contributed by atoms with E-state index < -0.39 is 23.8 Å². The fourth-order valence-electron chi connectivity index (χ4n) is 2.09. The van der Waals surface area contributed by atoms with E-state index in [-0.39, 0.29) is 51.0 Å². The maximum absolute atomic E-state index is 12.2. The number of amides is 3. The smallest absolute Gasteiger partial charge is 0.305 e. The summed E-state index contributed by atoms with van der Waals surface area (Å²) in [6.45, 7) is 8.24. The number of carbonyl (C=O) groups is 4. The van der Waals surface area contributed by atoms with Gasteiger partial charge in [-0.1, -0.05) is 20.4 Å². The summed E-state index contributed by atoms with van der Waals surface area (Å²) >= 11 is 0. The molecule has 0 saturated heterocycles. The monoisotopic (exact) mass is 431 g/mol. The van der Waals surface area contributed by atoms with Crippen LogP contribution in [0.15, 0.2) is 12.8 Å². The molecular formula is C19H33N3O8. The minimum Gasteiger partial charge on any atom is -0.481 e. The third-order valence-electron chi connectivity index (χ3n) is 3.63. The van der Waals surface area contributed by atoms with E-state index in [0.29, 0.717) is 19.8 Å². The standard InChI is InChI=1S/C19H33N3O8/c1-4-20-16(24)13-21-19(27)18(14(2)3)22-15(23)5-7-28-9-11-30-12-10-29-8-6-17(25)26/h4,14,18H,1,5-13H2,2-3H3,(H,20,24)(H,21,27)(H,22,23)(H,25,26). The quantitative estimate of drug-likeness (QED) is 0.210.